The van der Waals surface area contributed by atoms with E-state index in [-0.39, 0.29) is 11.7 Å². The van der Waals surface area contributed by atoms with Crippen LogP contribution in [-0.4, -0.2) is 35.7 Å². The maximum atomic E-state index is 12.3. The lowest BCUT2D eigenvalue weighted by Crippen LogP contribution is -2.33. The van der Waals surface area contributed by atoms with Crippen LogP contribution in [0.15, 0.2) is 36.7 Å². The maximum absolute atomic E-state index is 12.3. The Labute approximate surface area is 316 Å². The quantitative estimate of drug-likeness (QED) is 0.0330. The Morgan fingerprint density at radius 2 is 1.06 bits per heavy atom. The van der Waals surface area contributed by atoms with Crippen molar-refractivity contribution in [1.29, 1.82) is 0 Å². The minimum atomic E-state index is -3.91. The first-order chi connectivity index (χ1) is 24.7. The molecule has 0 radical (unpaired) electrons. The van der Waals surface area contributed by atoms with Crippen LogP contribution < -0.4 is 9.88 Å². The van der Waals surface area contributed by atoms with Crippen LogP contribution in [0.1, 0.15) is 200 Å². The minimum absolute atomic E-state index is 0.211. The number of carbonyl (C=O) groups is 1. The number of hydrogen-bond acceptors (Lipinski definition) is 4. The van der Waals surface area contributed by atoms with Gasteiger partial charge in [0.2, 0.25) is 5.91 Å². The van der Waals surface area contributed by atoms with Gasteiger partial charge in [-0.05, 0) is 64.2 Å². The topological polar surface area (TPSA) is 95.1 Å². The highest BCUT2D eigenvalue weighted by molar-refractivity contribution is 7.85. The second kappa shape index (κ2) is 36.4. The Bertz CT molecular complexity index is 1080. The Balaban J connectivity index is 0.00000381. The number of carbonyl (C=O) groups excluding carboxylic acids is 1. The number of nitrogens with zero attached hydrogens (tertiary/aromatic N) is 2. The molecule has 0 spiro atoms. The second-order valence-electron chi connectivity index (χ2n) is 14.4. The van der Waals surface area contributed by atoms with Gasteiger partial charge in [0.05, 0.1) is 23.7 Å². The average Bonchev–Trinajstić information content (AvgIpc) is 3.46. The minimum Gasteiger partial charge on any atom is -0.748 e. The Morgan fingerprint density at radius 3 is 1.49 bits per heavy atom. The molecule has 0 saturated heterocycles. The number of unbranched alkanes of at least 4 members (excludes halogenated alkanes) is 22. The molecule has 0 atom stereocenters. The van der Waals surface area contributed by atoms with E-state index in [1.807, 2.05) is 0 Å². The predicted octanol–water partition coefficient (Wildman–Crippen LogP) is 11.2. The lowest BCUT2D eigenvalue weighted by Gasteiger charge is -2.06. The third-order valence-corrected chi connectivity index (χ3v) is 10.3. The van der Waals surface area contributed by atoms with E-state index >= 15 is 0 Å². The van der Waals surface area contributed by atoms with E-state index in [2.05, 4.69) is 72.0 Å². The monoisotopic (exact) mass is 736 g/mol. The standard InChI is InChI=1S/C41H75N3O.C2H6O3S/c1-4-6-8-10-12-14-16-18-20-22-24-26-28-30-32-34-40(45)42-36-37-44-39-38-43(3)41(44)35-33-31-29-27-25-23-21-19-17-15-13-11-9-7-5-2;1-2-6(3,4)5/h18-21,38-39H,4-17,22-37H2,1-3H3;2H2,1H3,(H,3,4,5)/b20-18+,21-19+;. The SMILES string of the molecule is CCCCCCCC/C=C/CCCCCCCC(=O)NCCn1cc[n+](C)c1CCCCCCC/C=C/CCCCCCCC.CCS(=O)(=O)[O-]. The zero-order valence-electron chi connectivity index (χ0n) is 33.8. The van der Waals surface area contributed by atoms with Crippen molar-refractivity contribution in [2.75, 3.05) is 12.3 Å². The summed E-state index contributed by atoms with van der Waals surface area (Å²) in [7, 11) is -1.76. The van der Waals surface area contributed by atoms with Gasteiger partial charge in [-0.15, -0.1) is 0 Å². The maximum Gasteiger partial charge on any atom is 0.256 e. The molecule has 0 bridgehead atoms. The van der Waals surface area contributed by atoms with Gasteiger partial charge in [-0.1, -0.05) is 148 Å². The molecule has 0 aromatic carbocycles. The Kier molecular flexibility index (Phi) is 35.1. The smallest absolute Gasteiger partial charge is 0.256 e. The van der Waals surface area contributed by atoms with Crippen LogP contribution in [0.2, 0.25) is 0 Å². The van der Waals surface area contributed by atoms with E-state index in [0.717, 1.165) is 25.9 Å². The molecule has 1 rings (SSSR count). The highest BCUT2D eigenvalue weighted by atomic mass is 32.2. The first-order valence-electron chi connectivity index (χ1n) is 21.3. The van der Waals surface area contributed by atoms with Crippen molar-refractivity contribution < 1.29 is 22.3 Å². The summed E-state index contributed by atoms with van der Waals surface area (Å²) >= 11 is 0. The number of aryl methyl sites for hydroxylation is 1. The summed E-state index contributed by atoms with van der Waals surface area (Å²) in [5.74, 6) is 1.27. The summed E-state index contributed by atoms with van der Waals surface area (Å²) in [6.07, 6.45) is 49.9. The molecule has 0 unspecified atom stereocenters. The average molecular weight is 736 g/mol. The van der Waals surface area contributed by atoms with Gasteiger partial charge in [-0.3, -0.25) is 4.79 Å². The molecular weight excluding hydrogens is 655 g/mol. The fourth-order valence-electron chi connectivity index (χ4n) is 6.19. The Morgan fingerprint density at radius 1 is 0.667 bits per heavy atom. The van der Waals surface area contributed by atoms with Gasteiger partial charge in [-0.2, -0.15) is 0 Å². The molecule has 8 heteroatoms. The van der Waals surface area contributed by atoms with E-state index in [0.29, 0.717) is 6.42 Å². The van der Waals surface area contributed by atoms with Gasteiger partial charge in [-0.25, -0.2) is 17.6 Å². The highest BCUT2D eigenvalue weighted by Gasteiger charge is 2.14. The zero-order valence-corrected chi connectivity index (χ0v) is 34.6. The lowest BCUT2D eigenvalue weighted by atomic mass is 10.1. The number of amides is 1. The number of imidazole rings is 1. The van der Waals surface area contributed by atoms with Crippen LogP contribution in [0.3, 0.4) is 0 Å². The van der Waals surface area contributed by atoms with Crippen LogP contribution in [0.4, 0.5) is 0 Å². The number of nitrogens with one attached hydrogen (secondary N) is 1. The molecule has 0 saturated carbocycles. The van der Waals surface area contributed by atoms with E-state index in [1.54, 1.807) is 0 Å². The fourth-order valence-corrected chi connectivity index (χ4v) is 6.19. The van der Waals surface area contributed by atoms with Crippen molar-refractivity contribution in [1.82, 2.24) is 9.88 Å². The van der Waals surface area contributed by atoms with Crippen molar-refractivity contribution in [2.45, 2.75) is 207 Å². The molecule has 51 heavy (non-hydrogen) atoms. The van der Waals surface area contributed by atoms with Crippen molar-refractivity contribution in [3.8, 4) is 0 Å². The first-order valence-corrected chi connectivity index (χ1v) is 22.9. The second-order valence-corrected chi connectivity index (χ2v) is 16.1. The van der Waals surface area contributed by atoms with Gasteiger partial charge in [0.25, 0.3) is 5.82 Å². The molecule has 0 aliphatic heterocycles. The van der Waals surface area contributed by atoms with Crippen molar-refractivity contribution in [3.05, 3.63) is 42.5 Å². The van der Waals surface area contributed by atoms with Crippen LogP contribution >= 0.6 is 0 Å². The van der Waals surface area contributed by atoms with E-state index in [9.17, 15) is 17.8 Å². The number of allylic oxidation sites excluding steroid dienone is 4. The summed E-state index contributed by atoms with van der Waals surface area (Å²) in [6.45, 7) is 7.45. The number of rotatable bonds is 34. The normalized spacial score (nSPS) is 11.8. The number of aromatic nitrogens is 2. The lowest BCUT2D eigenvalue weighted by molar-refractivity contribution is -0.678. The third kappa shape index (κ3) is 34.9. The van der Waals surface area contributed by atoms with Crippen molar-refractivity contribution >= 4 is 16.0 Å². The van der Waals surface area contributed by atoms with Gasteiger partial charge < -0.3 is 9.87 Å². The van der Waals surface area contributed by atoms with Crippen LogP contribution in [0.5, 0.6) is 0 Å². The number of hydrogen-bond donors (Lipinski definition) is 1. The summed E-state index contributed by atoms with van der Waals surface area (Å²) < 4.78 is 32.9. The van der Waals surface area contributed by atoms with Crippen LogP contribution in [-0.2, 0) is 34.9 Å². The summed E-state index contributed by atoms with van der Waals surface area (Å²) in [4.78, 5) is 12.3. The molecule has 1 heterocycles. The van der Waals surface area contributed by atoms with Crippen molar-refractivity contribution in [3.63, 3.8) is 0 Å². The molecule has 1 aromatic heterocycles. The summed E-state index contributed by atoms with van der Waals surface area (Å²) in [6, 6.07) is 0. The summed E-state index contributed by atoms with van der Waals surface area (Å²) in [5, 5.41) is 3.16. The molecule has 1 aromatic rings. The van der Waals surface area contributed by atoms with Gasteiger partial charge in [0, 0.05) is 18.6 Å². The van der Waals surface area contributed by atoms with E-state index < -0.39 is 10.1 Å². The van der Waals surface area contributed by atoms with E-state index in [1.165, 1.54) is 173 Å². The van der Waals surface area contributed by atoms with Crippen LogP contribution in [0, 0.1) is 0 Å². The Hall–Kier alpha value is -1.93. The summed E-state index contributed by atoms with van der Waals surface area (Å²) in [5.41, 5.74) is 0. The first kappa shape index (κ1) is 49.1. The molecule has 0 aliphatic carbocycles. The molecule has 298 valence electrons. The molecule has 0 aliphatic rings. The molecule has 0 fully saturated rings. The van der Waals surface area contributed by atoms with Crippen molar-refractivity contribution in [2.24, 2.45) is 7.05 Å². The van der Waals surface area contributed by atoms with Gasteiger partial charge in [0.1, 0.15) is 18.9 Å². The third-order valence-electron chi connectivity index (χ3n) is 9.57. The molecular formula is C43H81N3O4S. The zero-order chi connectivity index (χ0) is 37.7. The highest BCUT2D eigenvalue weighted by Crippen LogP contribution is 2.12. The fraction of sp³-hybridized carbons (Fsp3) is 0.814. The largest absolute Gasteiger partial charge is 0.748 e. The molecule has 1 N–H and O–H groups in total. The van der Waals surface area contributed by atoms with E-state index in [4.69, 9.17) is 0 Å². The van der Waals surface area contributed by atoms with Gasteiger partial charge >= 0.3 is 0 Å². The van der Waals surface area contributed by atoms with Gasteiger partial charge in [0.15, 0.2) is 0 Å². The van der Waals surface area contributed by atoms with Crippen LogP contribution in [0.25, 0.3) is 0 Å². The molecule has 7 nitrogen and oxygen atoms in total. The predicted molar refractivity (Wildman–Crippen MR) is 217 cm³/mol. The molecule has 1 amide bonds.